The maximum Gasteiger partial charge on any atom is 0.335 e. The summed E-state index contributed by atoms with van der Waals surface area (Å²) in [6.07, 6.45) is 1.57. The Morgan fingerprint density at radius 2 is 1.97 bits per heavy atom. The number of aromatic nitrogens is 3. The van der Waals surface area contributed by atoms with Crippen molar-refractivity contribution in [2.24, 2.45) is 0 Å². The Balaban J connectivity index is 1.86. The van der Waals surface area contributed by atoms with Crippen molar-refractivity contribution in [2.75, 3.05) is 19.5 Å². The zero-order chi connectivity index (χ0) is 21.3. The van der Waals surface area contributed by atoms with Gasteiger partial charge in [0.05, 0.1) is 25.5 Å². The fourth-order valence-electron chi connectivity index (χ4n) is 3.12. The summed E-state index contributed by atoms with van der Waals surface area (Å²) in [5.74, 6) is 0.764. The molecule has 9 heteroatoms. The minimum Gasteiger partial charge on any atom is -0.497 e. The Bertz CT molecular complexity index is 1280. The molecule has 3 N–H and O–H groups in total. The van der Waals surface area contributed by atoms with Crippen molar-refractivity contribution >= 4 is 23.1 Å². The van der Waals surface area contributed by atoms with Crippen LogP contribution in [0, 0.1) is 11.3 Å². The minimum absolute atomic E-state index is 0.174. The van der Waals surface area contributed by atoms with Gasteiger partial charge in [0.1, 0.15) is 28.8 Å². The molecule has 0 saturated heterocycles. The predicted octanol–water partition coefficient (Wildman–Crippen LogP) is 3.66. The summed E-state index contributed by atoms with van der Waals surface area (Å²) >= 11 is 0. The number of imidazole rings is 1. The number of hydrogen-bond acceptors (Lipinski definition) is 6. The van der Waals surface area contributed by atoms with Crippen LogP contribution in [0.1, 0.15) is 15.9 Å². The van der Waals surface area contributed by atoms with Crippen molar-refractivity contribution in [3.8, 4) is 28.8 Å². The molecule has 4 aromatic rings. The van der Waals surface area contributed by atoms with Crippen molar-refractivity contribution in [1.82, 2.24) is 14.6 Å². The third-order valence-corrected chi connectivity index (χ3v) is 4.64. The number of benzene rings is 2. The van der Waals surface area contributed by atoms with Crippen LogP contribution in [-0.2, 0) is 0 Å². The number of nitrogens with zero attached hydrogens (tertiary/aromatic N) is 3. The average Bonchev–Trinajstić information content (AvgIpc) is 3.33. The van der Waals surface area contributed by atoms with Gasteiger partial charge in [-0.3, -0.25) is 5.10 Å². The van der Waals surface area contributed by atoms with E-state index in [2.05, 4.69) is 21.5 Å². The SMILES string of the molecule is COc1ccc(Nc2c(-c3ccc(C(=O)O)cc3)nc3c(C#N)c[nH]n23)c(OC)c1. The number of carboxylic acids is 1. The third kappa shape index (κ3) is 3.16. The van der Waals surface area contributed by atoms with E-state index in [1.54, 1.807) is 49.2 Å². The standard InChI is InChI=1S/C21H17N5O4/c1-29-15-7-8-16(17(9-15)30-2)24-20-18(12-3-5-13(6-4-12)21(27)28)25-19-14(10-22)11-23-26(19)20/h3-9,11,23-24H,1-2H3,(H,27,28). The number of carboxylic acid groups (broad SMARTS) is 1. The number of fused-ring (bicyclic) bond motifs is 1. The Morgan fingerprint density at radius 3 is 2.60 bits per heavy atom. The van der Waals surface area contributed by atoms with Gasteiger partial charge in [-0.05, 0) is 24.3 Å². The summed E-state index contributed by atoms with van der Waals surface area (Å²) in [6, 6.07) is 13.8. The molecular formula is C21H17N5O4. The molecule has 0 amide bonds. The molecule has 2 aromatic carbocycles. The van der Waals surface area contributed by atoms with Gasteiger partial charge in [-0.25, -0.2) is 14.3 Å². The molecule has 0 aliphatic heterocycles. The normalized spacial score (nSPS) is 10.6. The van der Waals surface area contributed by atoms with E-state index in [9.17, 15) is 10.1 Å². The molecule has 0 radical (unpaired) electrons. The van der Waals surface area contributed by atoms with Gasteiger partial charge in [0, 0.05) is 17.8 Å². The third-order valence-electron chi connectivity index (χ3n) is 4.64. The van der Waals surface area contributed by atoms with Gasteiger partial charge in [-0.1, -0.05) is 12.1 Å². The van der Waals surface area contributed by atoms with Crippen LogP contribution < -0.4 is 14.8 Å². The highest BCUT2D eigenvalue weighted by Gasteiger charge is 2.20. The van der Waals surface area contributed by atoms with Crippen LogP contribution in [0.25, 0.3) is 16.9 Å². The molecule has 4 rings (SSSR count). The van der Waals surface area contributed by atoms with Crippen molar-refractivity contribution in [1.29, 1.82) is 5.26 Å². The lowest BCUT2D eigenvalue weighted by molar-refractivity contribution is 0.0697. The Hall–Kier alpha value is -4.45. The largest absolute Gasteiger partial charge is 0.497 e. The lowest BCUT2D eigenvalue weighted by Crippen LogP contribution is -2.00. The van der Waals surface area contributed by atoms with Crippen LogP contribution in [-0.4, -0.2) is 39.9 Å². The molecule has 2 heterocycles. The van der Waals surface area contributed by atoms with Crippen molar-refractivity contribution in [3.05, 3.63) is 59.8 Å². The topological polar surface area (TPSA) is 125 Å². The lowest BCUT2D eigenvalue weighted by Gasteiger charge is -2.13. The Labute approximate surface area is 171 Å². The molecule has 0 fully saturated rings. The first kappa shape index (κ1) is 18.9. The first-order valence-corrected chi connectivity index (χ1v) is 8.88. The second-order valence-electron chi connectivity index (χ2n) is 6.34. The zero-order valence-electron chi connectivity index (χ0n) is 16.1. The molecule has 0 bridgehead atoms. The highest BCUT2D eigenvalue weighted by molar-refractivity contribution is 5.89. The van der Waals surface area contributed by atoms with E-state index in [0.717, 1.165) is 0 Å². The van der Waals surface area contributed by atoms with E-state index in [1.165, 1.54) is 12.1 Å². The first-order chi connectivity index (χ1) is 14.5. The van der Waals surface area contributed by atoms with E-state index in [-0.39, 0.29) is 5.56 Å². The molecule has 0 unspecified atom stereocenters. The molecule has 150 valence electrons. The summed E-state index contributed by atoms with van der Waals surface area (Å²) in [6.45, 7) is 0. The van der Waals surface area contributed by atoms with Crippen molar-refractivity contribution in [2.45, 2.75) is 0 Å². The van der Waals surface area contributed by atoms with Gasteiger partial charge in [0.15, 0.2) is 11.5 Å². The van der Waals surface area contributed by atoms with Gasteiger partial charge in [0.25, 0.3) is 0 Å². The van der Waals surface area contributed by atoms with Gasteiger partial charge >= 0.3 is 5.97 Å². The molecule has 0 spiro atoms. The van der Waals surface area contributed by atoms with E-state index < -0.39 is 5.97 Å². The van der Waals surface area contributed by atoms with Crippen LogP contribution in [0.2, 0.25) is 0 Å². The molecule has 2 aromatic heterocycles. The smallest absolute Gasteiger partial charge is 0.335 e. The average molecular weight is 403 g/mol. The zero-order valence-corrected chi connectivity index (χ0v) is 16.1. The van der Waals surface area contributed by atoms with E-state index in [0.29, 0.717) is 45.5 Å². The molecule has 0 saturated carbocycles. The highest BCUT2D eigenvalue weighted by atomic mass is 16.5. The quantitative estimate of drug-likeness (QED) is 0.449. The number of carbonyl (C=O) groups is 1. The second kappa shape index (κ2) is 7.52. The van der Waals surface area contributed by atoms with Gasteiger partial charge < -0.3 is 19.9 Å². The number of rotatable bonds is 6. The molecule has 9 nitrogen and oxygen atoms in total. The summed E-state index contributed by atoms with van der Waals surface area (Å²) in [5.41, 5.74) is 2.91. The fraction of sp³-hybridized carbons (Fsp3) is 0.0952. The number of anilines is 2. The number of nitriles is 1. The van der Waals surface area contributed by atoms with E-state index in [1.807, 2.05) is 6.07 Å². The van der Waals surface area contributed by atoms with Gasteiger partial charge in [0.2, 0.25) is 0 Å². The first-order valence-electron chi connectivity index (χ1n) is 8.88. The Kier molecular flexibility index (Phi) is 4.74. The molecular weight excluding hydrogens is 386 g/mol. The van der Waals surface area contributed by atoms with Crippen molar-refractivity contribution < 1.29 is 19.4 Å². The number of methoxy groups -OCH3 is 2. The summed E-state index contributed by atoms with van der Waals surface area (Å²) in [4.78, 5) is 15.8. The molecule has 0 aliphatic carbocycles. The summed E-state index contributed by atoms with van der Waals surface area (Å²) in [5, 5.41) is 24.8. The summed E-state index contributed by atoms with van der Waals surface area (Å²) in [7, 11) is 3.13. The van der Waals surface area contributed by atoms with Crippen LogP contribution >= 0.6 is 0 Å². The molecule has 0 atom stereocenters. The van der Waals surface area contributed by atoms with Crippen LogP contribution in [0.15, 0.2) is 48.7 Å². The number of aromatic amines is 1. The summed E-state index contributed by atoms with van der Waals surface area (Å²) < 4.78 is 12.4. The van der Waals surface area contributed by atoms with Crippen molar-refractivity contribution in [3.63, 3.8) is 0 Å². The fourth-order valence-corrected chi connectivity index (χ4v) is 3.12. The number of nitrogens with one attached hydrogen (secondary N) is 2. The maximum atomic E-state index is 11.2. The maximum absolute atomic E-state index is 11.2. The monoisotopic (exact) mass is 403 g/mol. The van der Waals surface area contributed by atoms with Crippen LogP contribution in [0.5, 0.6) is 11.5 Å². The molecule has 30 heavy (non-hydrogen) atoms. The lowest BCUT2D eigenvalue weighted by atomic mass is 10.1. The highest BCUT2D eigenvalue weighted by Crippen LogP contribution is 2.36. The molecule has 0 aliphatic rings. The van der Waals surface area contributed by atoms with E-state index in [4.69, 9.17) is 14.6 Å². The minimum atomic E-state index is -1.01. The van der Waals surface area contributed by atoms with Gasteiger partial charge in [-0.15, -0.1) is 0 Å². The predicted molar refractivity (Wildman–Crippen MR) is 109 cm³/mol. The number of hydrogen-bond donors (Lipinski definition) is 3. The van der Waals surface area contributed by atoms with E-state index >= 15 is 0 Å². The van der Waals surface area contributed by atoms with Crippen LogP contribution in [0.4, 0.5) is 11.5 Å². The van der Waals surface area contributed by atoms with Gasteiger partial charge in [-0.2, -0.15) is 5.26 Å². The number of H-pyrrole nitrogens is 1. The number of ether oxygens (including phenoxy) is 2. The Morgan fingerprint density at radius 1 is 1.20 bits per heavy atom. The number of aromatic carboxylic acids is 1. The second-order valence-corrected chi connectivity index (χ2v) is 6.34. The van der Waals surface area contributed by atoms with Crippen LogP contribution in [0.3, 0.4) is 0 Å².